The molecule has 1 aromatic carbocycles. The minimum Gasteiger partial charge on any atom is -0.459 e. The summed E-state index contributed by atoms with van der Waals surface area (Å²) in [5, 5.41) is 0.0288. The maximum Gasteiger partial charge on any atom is 0.320 e. The molecular formula is C19H30ClNO2. The molecule has 0 aliphatic heterocycles. The van der Waals surface area contributed by atoms with E-state index in [1.54, 1.807) is 0 Å². The number of benzene rings is 1. The van der Waals surface area contributed by atoms with Crippen LogP contribution in [0.15, 0.2) is 30.3 Å². The first-order valence-corrected chi connectivity index (χ1v) is 8.71. The summed E-state index contributed by atoms with van der Waals surface area (Å²) in [5.41, 5.74) is 0.706. The van der Waals surface area contributed by atoms with Gasteiger partial charge in [0.25, 0.3) is 0 Å². The minimum absolute atomic E-state index is 0.0288. The molecule has 1 aromatic rings. The van der Waals surface area contributed by atoms with E-state index >= 15 is 0 Å². The zero-order valence-corrected chi connectivity index (χ0v) is 15.8. The summed E-state index contributed by atoms with van der Waals surface area (Å²) in [6.07, 6.45) is 0.932. The van der Waals surface area contributed by atoms with Gasteiger partial charge in [-0.25, -0.2) is 0 Å². The average Bonchev–Trinajstić information content (AvgIpc) is 2.35. The fourth-order valence-corrected chi connectivity index (χ4v) is 3.00. The van der Waals surface area contributed by atoms with Gasteiger partial charge in [0.05, 0.1) is 6.54 Å². The molecule has 0 bridgehead atoms. The van der Waals surface area contributed by atoms with Crippen molar-refractivity contribution in [3.8, 4) is 0 Å². The summed E-state index contributed by atoms with van der Waals surface area (Å²) < 4.78 is 5.44. The second-order valence-corrected chi connectivity index (χ2v) is 8.09. The minimum atomic E-state index is -0.464. The van der Waals surface area contributed by atoms with Crippen LogP contribution in [0, 0.1) is 5.92 Å². The zero-order valence-electron chi connectivity index (χ0n) is 15.0. The maximum absolute atomic E-state index is 12.2. The van der Waals surface area contributed by atoms with Gasteiger partial charge in [0.1, 0.15) is 5.60 Å². The summed E-state index contributed by atoms with van der Waals surface area (Å²) in [5.74, 6) is 0.333. The van der Waals surface area contributed by atoms with Crippen LogP contribution in [0.25, 0.3) is 0 Å². The standard InChI is InChI=1S/C19H30ClNO2/c1-15(2)11-17(20)13-21(12-16-9-7-6-8-10-16)14-18(22)23-19(3,4)5/h6-10,15,17H,11-14H2,1-5H3/t17-/m1/s1. The number of nitrogens with zero attached hydrogens (tertiary/aromatic N) is 1. The molecule has 1 rings (SSSR count). The van der Waals surface area contributed by atoms with Crippen molar-refractivity contribution in [2.75, 3.05) is 13.1 Å². The van der Waals surface area contributed by atoms with Crippen LogP contribution in [0.3, 0.4) is 0 Å². The first kappa shape index (κ1) is 20.0. The topological polar surface area (TPSA) is 29.5 Å². The van der Waals surface area contributed by atoms with Crippen LogP contribution >= 0.6 is 11.6 Å². The fraction of sp³-hybridized carbons (Fsp3) is 0.632. The molecule has 23 heavy (non-hydrogen) atoms. The van der Waals surface area contributed by atoms with Gasteiger partial charge in [-0.15, -0.1) is 11.6 Å². The third-order valence-corrected chi connectivity index (χ3v) is 3.52. The van der Waals surface area contributed by atoms with Crippen molar-refractivity contribution in [1.82, 2.24) is 4.90 Å². The van der Waals surface area contributed by atoms with Gasteiger partial charge < -0.3 is 4.74 Å². The third-order valence-electron chi connectivity index (χ3n) is 3.21. The van der Waals surface area contributed by atoms with E-state index in [0.717, 1.165) is 6.42 Å². The molecule has 0 radical (unpaired) electrons. The Bertz CT molecular complexity index is 468. The molecule has 0 N–H and O–H groups in total. The molecule has 0 unspecified atom stereocenters. The number of ether oxygens (including phenoxy) is 1. The Morgan fingerprint density at radius 2 is 1.83 bits per heavy atom. The molecule has 0 aliphatic rings. The number of hydrogen-bond donors (Lipinski definition) is 0. The number of esters is 1. The second kappa shape index (κ2) is 9.29. The van der Waals surface area contributed by atoms with Gasteiger partial charge in [-0.05, 0) is 38.7 Å². The van der Waals surface area contributed by atoms with Gasteiger partial charge in [-0.1, -0.05) is 44.2 Å². The highest BCUT2D eigenvalue weighted by atomic mass is 35.5. The predicted octanol–water partition coefficient (Wildman–Crippen LogP) is 4.48. The molecule has 3 nitrogen and oxygen atoms in total. The van der Waals surface area contributed by atoms with Crippen LogP contribution in [-0.2, 0) is 16.1 Å². The van der Waals surface area contributed by atoms with E-state index in [1.165, 1.54) is 5.56 Å². The number of carbonyl (C=O) groups is 1. The average molecular weight is 340 g/mol. The lowest BCUT2D eigenvalue weighted by Gasteiger charge is -2.27. The number of rotatable bonds is 8. The van der Waals surface area contributed by atoms with Crippen LogP contribution < -0.4 is 0 Å². The zero-order chi connectivity index (χ0) is 17.5. The molecule has 0 aromatic heterocycles. The van der Waals surface area contributed by atoms with E-state index in [2.05, 4.69) is 30.9 Å². The predicted molar refractivity (Wildman–Crippen MR) is 96.7 cm³/mol. The molecule has 0 amide bonds. The highest BCUT2D eigenvalue weighted by Gasteiger charge is 2.21. The number of hydrogen-bond acceptors (Lipinski definition) is 3. The Morgan fingerprint density at radius 3 is 2.35 bits per heavy atom. The van der Waals surface area contributed by atoms with E-state index in [4.69, 9.17) is 16.3 Å². The Morgan fingerprint density at radius 1 is 1.22 bits per heavy atom. The van der Waals surface area contributed by atoms with Crippen molar-refractivity contribution in [1.29, 1.82) is 0 Å². The first-order chi connectivity index (χ1) is 10.7. The van der Waals surface area contributed by atoms with Gasteiger partial charge in [0.15, 0.2) is 0 Å². The lowest BCUT2D eigenvalue weighted by molar-refractivity contribution is -0.156. The van der Waals surface area contributed by atoms with Crippen molar-refractivity contribution < 1.29 is 9.53 Å². The first-order valence-electron chi connectivity index (χ1n) is 8.28. The van der Waals surface area contributed by atoms with Crippen LogP contribution in [-0.4, -0.2) is 34.9 Å². The molecule has 0 spiro atoms. The van der Waals surface area contributed by atoms with Gasteiger partial charge in [-0.2, -0.15) is 0 Å². The Labute approximate surface area is 146 Å². The van der Waals surface area contributed by atoms with Crippen molar-refractivity contribution in [2.45, 2.75) is 58.6 Å². The summed E-state index contributed by atoms with van der Waals surface area (Å²) in [4.78, 5) is 14.2. The lowest BCUT2D eigenvalue weighted by atomic mass is 10.1. The van der Waals surface area contributed by atoms with Crippen molar-refractivity contribution in [3.63, 3.8) is 0 Å². The van der Waals surface area contributed by atoms with Crippen molar-refractivity contribution in [3.05, 3.63) is 35.9 Å². The molecule has 0 aliphatic carbocycles. The molecule has 130 valence electrons. The quantitative estimate of drug-likeness (QED) is 0.516. The van der Waals surface area contributed by atoms with Crippen LogP contribution in [0.2, 0.25) is 0 Å². The molecule has 1 atom stereocenters. The summed E-state index contributed by atoms with van der Waals surface area (Å²) in [7, 11) is 0. The van der Waals surface area contributed by atoms with Crippen LogP contribution in [0.4, 0.5) is 0 Å². The highest BCUT2D eigenvalue weighted by Crippen LogP contribution is 2.15. The monoisotopic (exact) mass is 339 g/mol. The van der Waals surface area contributed by atoms with E-state index in [-0.39, 0.29) is 17.9 Å². The SMILES string of the molecule is CC(C)C[C@@H](Cl)CN(CC(=O)OC(C)(C)C)Cc1ccccc1. The molecule has 0 fully saturated rings. The van der Waals surface area contributed by atoms with Gasteiger partial charge in [0, 0.05) is 18.5 Å². The Balaban J connectivity index is 2.69. The third kappa shape index (κ3) is 9.62. The molecular weight excluding hydrogens is 310 g/mol. The van der Waals surface area contributed by atoms with E-state index in [9.17, 15) is 4.79 Å². The summed E-state index contributed by atoms with van der Waals surface area (Å²) in [6.45, 7) is 11.6. The second-order valence-electron chi connectivity index (χ2n) is 7.47. The Kier molecular flexibility index (Phi) is 8.07. The van der Waals surface area contributed by atoms with E-state index in [1.807, 2.05) is 39.0 Å². The lowest BCUT2D eigenvalue weighted by Crippen LogP contribution is -2.37. The summed E-state index contributed by atoms with van der Waals surface area (Å²) >= 11 is 6.46. The van der Waals surface area contributed by atoms with Crippen molar-refractivity contribution in [2.24, 2.45) is 5.92 Å². The normalized spacial score (nSPS) is 13.4. The van der Waals surface area contributed by atoms with Crippen LogP contribution in [0.5, 0.6) is 0 Å². The van der Waals surface area contributed by atoms with E-state index < -0.39 is 5.60 Å². The van der Waals surface area contributed by atoms with Crippen molar-refractivity contribution >= 4 is 17.6 Å². The number of alkyl halides is 1. The van der Waals surface area contributed by atoms with Gasteiger partial charge in [-0.3, -0.25) is 9.69 Å². The maximum atomic E-state index is 12.2. The summed E-state index contributed by atoms with van der Waals surface area (Å²) in [6, 6.07) is 10.1. The largest absolute Gasteiger partial charge is 0.459 e. The number of carbonyl (C=O) groups excluding carboxylic acids is 1. The Hall–Kier alpha value is -1.06. The smallest absolute Gasteiger partial charge is 0.320 e. The molecule has 0 heterocycles. The fourth-order valence-electron chi connectivity index (χ4n) is 2.45. The molecule has 0 saturated carbocycles. The van der Waals surface area contributed by atoms with E-state index in [0.29, 0.717) is 19.0 Å². The highest BCUT2D eigenvalue weighted by molar-refractivity contribution is 6.20. The van der Waals surface area contributed by atoms with Crippen LogP contribution in [0.1, 0.15) is 46.6 Å². The van der Waals surface area contributed by atoms with Gasteiger partial charge in [0.2, 0.25) is 0 Å². The van der Waals surface area contributed by atoms with Gasteiger partial charge >= 0.3 is 5.97 Å². The molecule has 4 heteroatoms. The number of halogens is 1. The molecule has 0 saturated heterocycles.